The van der Waals surface area contributed by atoms with E-state index in [1.54, 1.807) is 38.2 Å². The number of ether oxygens (including phenoxy) is 1. The second-order valence-corrected chi connectivity index (χ2v) is 7.89. The lowest BCUT2D eigenvalue weighted by Crippen LogP contribution is -2.52. The molecule has 0 saturated heterocycles. The average molecular weight is 404 g/mol. The number of hydrogen-bond acceptors (Lipinski definition) is 5. The molecule has 2 heterocycles. The average Bonchev–Trinajstić information content (AvgIpc) is 2.85. The molecule has 2 aliphatic rings. The van der Waals surface area contributed by atoms with Crippen molar-refractivity contribution in [2.45, 2.75) is 24.5 Å². The number of nitrogens with two attached hydrogens (primary N) is 1. The van der Waals surface area contributed by atoms with Crippen molar-refractivity contribution in [1.82, 2.24) is 4.90 Å². The van der Waals surface area contributed by atoms with Crippen LogP contribution in [0.15, 0.2) is 41.4 Å². The van der Waals surface area contributed by atoms with E-state index in [0.29, 0.717) is 22.4 Å². The topological polar surface area (TPSA) is 88.2 Å². The van der Waals surface area contributed by atoms with Crippen LogP contribution in [0.25, 0.3) is 11.1 Å². The third-order valence-corrected chi connectivity index (χ3v) is 5.47. The summed E-state index contributed by atoms with van der Waals surface area (Å²) in [5.41, 5.74) is 5.37. The SMILES string of the molecule is CN1C(=O)[C@]2(C[C@@](C)(CO)Oc3ccc(-c4cc(F)cc(Cl)c4)cc32)N=C1N. The van der Waals surface area contributed by atoms with Crippen LogP contribution in [-0.4, -0.2) is 41.1 Å². The van der Waals surface area contributed by atoms with Crippen molar-refractivity contribution in [1.29, 1.82) is 0 Å². The Bertz CT molecular complexity index is 1010. The van der Waals surface area contributed by atoms with E-state index in [1.165, 1.54) is 17.0 Å². The number of aliphatic hydroxyl groups is 1. The molecule has 0 fully saturated rings. The summed E-state index contributed by atoms with van der Waals surface area (Å²) in [7, 11) is 1.55. The van der Waals surface area contributed by atoms with Crippen LogP contribution in [0, 0.1) is 5.82 Å². The lowest BCUT2D eigenvalue weighted by Gasteiger charge is -2.42. The molecule has 0 radical (unpaired) electrons. The maximum absolute atomic E-state index is 13.8. The molecule has 3 N–H and O–H groups in total. The Balaban J connectivity index is 1.93. The highest BCUT2D eigenvalue weighted by Gasteiger charge is 2.56. The van der Waals surface area contributed by atoms with Crippen LogP contribution < -0.4 is 10.5 Å². The predicted octanol–water partition coefficient (Wildman–Crippen LogP) is 2.66. The minimum Gasteiger partial charge on any atom is -0.485 e. The minimum atomic E-state index is -1.31. The van der Waals surface area contributed by atoms with Gasteiger partial charge in [0.15, 0.2) is 11.5 Å². The van der Waals surface area contributed by atoms with Gasteiger partial charge in [-0.25, -0.2) is 9.38 Å². The summed E-state index contributed by atoms with van der Waals surface area (Å²) in [6, 6.07) is 9.40. The van der Waals surface area contributed by atoms with E-state index in [-0.39, 0.29) is 29.9 Å². The number of carbonyl (C=O) groups is 1. The molecule has 2 atom stereocenters. The molecule has 6 nitrogen and oxygen atoms in total. The third-order valence-electron chi connectivity index (χ3n) is 5.25. The molecular weight excluding hydrogens is 385 g/mol. The van der Waals surface area contributed by atoms with Gasteiger partial charge in [-0.1, -0.05) is 17.7 Å². The molecule has 0 aliphatic carbocycles. The summed E-state index contributed by atoms with van der Waals surface area (Å²) in [6.07, 6.45) is 0.126. The number of nitrogens with zero attached hydrogens (tertiary/aromatic N) is 2. The van der Waals surface area contributed by atoms with Crippen LogP contribution in [-0.2, 0) is 10.3 Å². The Morgan fingerprint density at radius 2 is 2.07 bits per heavy atom. The number of hydrogen-bond donors (Lipinski definition) is 2. The maximum Gasteiger partial charge on any atom is 0.261 e. The molecule has 4 rings (SSSR count). The summed E-state index contributed by atoms with van der Waals surface area (Å²) < 4.78 is 19.8. The lowest BCUT2D eigenvalue weighted by atomic mass is 9.76. The molecule has 2 aliphatic heterocycles. The Morgan fingerprint density at radius 1 is 1.32 bits per heavy atom. The van der Waals surface area contributed by atoms with Gasteiger partial charge in [-0.15, -0.1) is 0 Å². The zero-order chi connectivity index (χ0) is 20.3. The first-order valence-corrected chi connectivity index (χ1v) is 9.10. The molecule has 0 bridgehead atoms. The largest absolute Gasteiger partial charge is 0.485 e. The van der Waals surface area contributed by atoms with Gasteiger partial charge in [0.1, 0.15) is 17.2 Å². The number of aliphatic imine (C=N–C) groups is 1. The first kappa shape index (κ1) is 18.7. The summed E-state index contributed by atoms with van der Waals surface area (Å²) in [5, 5.41) is 10.1. The first-order valence-electron chi connectivity index (χ1n) is 8.72. The van der Waals surface area contributed by atoms with E-state index >= 15 is 0 Å². The highest BCUT2D eigenvalue weighted by molar-refractivity contribution is 6.30. The fourth-order valence-corrected chi connectivity index (χ4v) is 4.08. The number of rotatable bonds is 2. The van der Waals surface area contributed by atoms with Crippen molar-refractivity contribution in [2.75, 3.05) is 13.7 Å². The van der Waals surface area contributed by atoms with E-state index < -0.39 is 17.0 Å². The Labute approximate surface area is 166 Å². The zero-order valence-corrected chi connectivity index (χ0v) is 16.1. The van der Waals surface area contributed by atoms with E-state index in [2.05, 4.69) is 4.99 Å². The molecule has 1 amide bonds. The van der Waals surface area contributed by atoms with Gasteiger partial charge in [0.25, 0.3) is 5.91 Å². The van der Waals surface area contributed by atoms with Gasteiger partial charge in [0, 0.05) is 24.1 Å². The molecule has 0 unspecified atom stereocenters. The fraction of sp³-hybridized carbons (Fsp3) is 0.300. The van der Waals surface area contributed by atoms with Gasteiger partial charge < -0.3 is 15.6 Å². The smallest absolute Gasteiger partial charge is 0.261 e. The molecule has 146 valence electrons. The van der Waals surface area contributed by atoms with Crippen molar-refractivity contribution >= 4 is 23.5 Å². The highest BCUT2D eigenvalue weighted by atomic mass is 35.5. The van der Waals surface area contributed by atoms with Crippen molar-refractivity contribution in [2.24, 2.45) is 10.7 Å². The number of halogens is 2. The van der Waals surface area contributed by atoms with Crippen molar-refractivity contribution in [3.05, 3.63) is 52.8 Å². The summed E-state index contributed by atoms with van der Waals surface area (Å²) in [4.78, 5) is 18.9. The number of likely N-dealkylation sites (N-methyl/N-ethyl adjacent to an activating group) is 1. The maximum atomic E-state index is 13.8. The molecule has 1 spiro atoms. The zero-order valence-electron chi connectivity index (χ0n) is 15.4. The van der Waals surface area contributed by atoms with Crippen LogP contribution in [0.5, 0.6) is 5.75 Å². The Morgan fingerprint density at radius 3 is 2.68 bits per heavy atom. The van der Waals surface area contributed by atoms with Crippen LogP contribution in [0.1, 0.15) is 18.9 Å². The van der Waals surface area contributed by atoms with Gasteiger partial charge in [-0.3, -0.25) is 9.69 Å². The van der Waals surface area contributed by atoms with Gasteiger partial charge in [0.2, 0.25) is 0 Å². The van der Waals surface area contributed by atoms with Crippen molar-refractivity contribution in [3.8, 4) is 16.9 Å². The van der Waals surface area contributed by atoms with E-state index in [9.17, 15) is 14.3 Å². The van der Waals surface area contributed by atoms with Gasteiger partial charge >= 0.3 is 0 Å². The molecular formula is C20H19ClFN3O3. The van der Waals surface area contributed by atoms with E-state index in [0.717, 1.165) is 0 Å². The van der Waals surface area contributed by atoms with Crippen LogP contribution in [0.2, 0.25) is 5.02 Å². The minimum absolute atomic E-state index is 0.0948. The van der Waals surface area contributed by atoms with E-state index in [1.807, 2.05) is 0 Å². The second-order valence-electron chi connectivity index (χ2n) is 7.45. The standard InChI is InChI=1S/C20H19ClFN3O3/c1-19(10-26)9-20(17(27)25(2)18(23)24-20)15-7-11(3-4-16(15)28-19)12-5-13(21)8-14(22)6-12/h3-8,26H,9-10H2,1-2H3,(H2,23,24)/t19-,20+/m0/s1. The number of benzene rings is 2. The molecule has 2 aromatic rings. The van der Waals surface area contributed by atoms with Gasteiger partial charge in [-0.05, 0) is 48.4 Å². The number of fused-ring (bicyclic) bond motifs is 2. The van der Waals surface area contributed by atoms with E-state index in [4.69, 9.17) is 22.1 Å². The molecule has 8 heteroatoms. The summed E-state index contributed by atoms with van der Waals surface area (Å²) >= 11 is 5.99. The third kappa shape index (κ3) is 2.73. The van der Waals surface area contributed by atoms with Crippen LogP contribution >= 0.6 is 11.6 Å². The molecule has 28 heavy (non-hydrogen) atoms. The molecule has 0 aromatic heterocycles. The lowest BCUT2D eigenvalue weighted by molar-refractivity contribution is -0.134. The summed E-state index contributed by atoms with van der Waals surface area (Å²) in [5.74, 6) is -0.242. The van der Waals surface area contributed by atoms with Gasteiger partial charge in [0.05, 0.1) is 6.61 Å². The Hall–Kier alpha value is -2.64. The molecule has 2 aromatic carbocycles. The van der Waals surface area contributed by atoms with Crippen LogP contribution in [0.3, 0.4) is 0 Å². The monoisotopic (exact) mass is 403 g/mol. The van der Waals surface area contributed by atoms with Crippen molar-refractivity contribution < 1.29 is 19.0 Å². The van der Waals surface area contributed by atoms with Crippen LogP contribution in [0.4, 0.5) is 4.39 Å². The number of guanidine groups is 1. The number of carbonyl (C=O) groups excluding carboxylic acids is 1. The first-order chi connectivity index (χ1) is 13.2. The normalized spacial score (nSPS) is 26.2. The number of amides is 1. The Kier molecular flexibility index (Phi) is 4.13. The van der Waals surface area contributed by atoms with Gasteiger partial charge in [-0.2, -0.15) is 0 Å². The highest BCUT2D eigenvalue weighted by Crippen LogP contribution is 2.49. The predicted molar refractivity (Wildman–Crippen MR) is 104 cm³/mol. The number of aliphatic hydroxyl groups excluding tert-OH is 1. The second kappa shape index (κ2) is 6.18. The summed E-state index contributed by atoms with van der Waals surface area (Å²) in [6.45, 7) is 1.43. The molecule has 0 saturated carbocycles. The van der Waals surface area contributed by atoms with Crippen molar-refractivity contribution in [3.63, 3.8) is 0 Å². The fourth-order valence-electron chi connectivity index (χ4n) is 3.86. The quantitative estimate of drug-likeness (QED) is 0.806.